The number of non-ortho nitro benzene ring substituents is 2. The van der Waals surface area contributed by atoms with Crippen LogP contribution in [0.5, 0.6) is 11.5 Å². The van der Waals surface area contributed by atoms with E-state index < -0.39 is 38.9 Å². The number of methoxy groups -OCH3 is 2. The molecule has 0 unspecified atom stereocenters. The van der Waals surface area contributed by atoms with E-state index in [2.05, 4.69) is 81.1 Å². The minimum atomic E-state index is -0.799. The predicted octanol–water partition coefficient (Wildman–Crippen LogP) is 14.5. The lowest BCUT2D eigenvalue weighted by Gasteiger charge is -2.12. The number of nitrogens with zero attached hydrogens (tertiary/aromatic N) is 18. The SMILES string of the molecule is COc1ccc(Nc2nc(-n3c(C)nc4cc([N+](=O)[O-])ccc43)nc(N)c2F)cc1.COc1ccc(Nc2nc(-n3c(C)nc4ccc(N)cc43)nc(N)c2F)cc1.Cc1ccc(Nc2nc(-c3c(C)nc4ccc(F)cn34)nc(N)c2F)cc1.Cc1ccc(Nc2nc(-n3c(C)nc4cc([N+](=O)[O-])ccc43)nc(N)c2F)cc1. The Labute approximate surface area is 641 Å². The molecule has 0 bridgehead atoms. The van der Waals surface area contributed by atoms with Gasteiger partial charge in [0.15, 0.2) is 52.4 Å². The Morgan fingerprint density at radius 2 is 0.754 bits per heavy atom. The molecule has 0 atom stereocenters. The molecule has 16 aromatic rings. The number of hydrogen-bond donors (Lipinski definition) is 9. The third kappa shape index (κ3) is 16.2. The molecule has 0 aliphatic rings. The molecule has 16 rings (SSSR count). The Kier molecular flexibility index (Phi) is 21.3. The van der Waals surface area contributed by atoms with Crippen LogP contribution in [0.1, 0.15) is 34.3 Å². The second-order valence-corrected chi connectivity index (χ2v) is 25.2. The lowest BCUT2D eigenvalue weighted by molar-refractivity contribution is -0.384. The maximum Gasteiger partial charge on any atom is 0.271 e. The molecule has 9 heterocycles. The number of halogens is 5. The number of ether oxygens (including phenoxy) is 2. The molecule has 0 amide bonds. The number of nitrogen functional groups attached to an aromatic ring is 5. The summed E-state index contributed by atoms with van der Waals surface area (Å²) >= 11 is 0. The number of benzene rings is 7. The van der Waals surface area contributed by atoms with E-state index in [1.54, 1.807) is 147 Å². The highest BCUT2D eigenvalue weighted by Gasteiger charge is 2.25. The zero-order valence-corrected chi connectivity index (χ0v) is 61.4. The molecule has 0 fully saturated rings. The van der Waals surface area contributed by atoms with Gasteiger partial charge in [0.1, 0.15) is 46.1 Å². The number of nitrogens with one attached hydrogen (secondary N) is 4. The molecule has 0 saturated heterocycles. The first-order chi connectivity index (χ1) is 54.6. The molecule has 0 spiro atoms. The summed E-state index contributed by atoms with van der Waals surface area (Å²) in [4.78, 5) is 71.9. The van der Waals surface area contributed by atoms with Crippen molar-refractivity contribution < 1.29 is 41.3 Å². The van der Waals surface area contributed by atoms with Crippen molar-refractivity contribution in [3.05, 3.63) is 254 Å². The van der Waals surface area contributed by atoms with Gasteiger partial charge in [0, 0.05) is 58.9 Å². The molecule has 0 aliphatic heterocycles. The van der Waals surface area contributed by atoms with E-state index in [0.29, 0.717) is 102 Å². The van der Waals surface area contributed by atoms with Crippen LogP contribution in [0.25, 0.3) is 68.1 Å². The van der Waals surface area contributed by atoms with Crippen molar-refractivity contribution in [2.24, 2.45) is 0 Å². The van der Waals surface area contributed by atoms with Crippen molar-refractivity contribution in [3.63, 3.8) is 0 Å². The third-order valence-electron chi connectivity index (χ3n) is 17.3. The molecule has 7 aromatic carbocycles. The van der Waals surface area contributed by atoms with E-state index in [4.69, 9.17) is 38.1 Å². The zero-order valence-electron chi connectivity index (χ0n) is 61.4. The first-order valence-electron chi connectivity index (χ1n) is 34.1. The number of pyridine rings is 1. The number of fused-ring (bicyclic) bond motifs is 4. The summed E-state index contributed by atoms with van der Waals surface area (Å²) in [6.07, 6.45) is 1.28. The minimum Gasteiger partial charge on any atom is -0.497 e. The zero-order chi connectivity index (χ0) is 81.1. The molecular weight excluding hydrogens is 1480 g/mol. The van der Waals surface area contributed by atoms with Crippen molar-refractivity contribution in [2.75, 3.05) is 64.2 Å². The standard InChI is InChI=1S/C19H16F2N6.C19H16FN7O3.C19H16FN7O2.C19H18FN7O/c1-10-3-6-13(7-4-10)24-18-15(21)17(22)25-19(26-18)16-11(2)23-14-8-5-12(20)9-27(14)16;1-10-22-14-9-12(27(28)29)5-8-15(14)26(10)19-24-17(21)16(20)18(25-19)23-11-3-6-13(30-2)7-4-11;1-10-3-5-12(6-4-10)23-18-16(20)17(21)24-19(25-18)26-11(2)22-14-9-13(27(28)29)7-8-15(14)26;1-10-23-14-8-3-11(21)9-15(14)27(10)19-25-17(22)16(20)18(26-19)24-12-4-6-13(28-2)7-5-12/h3-9H,1-2H3,(H3,22,24,25,26);3-9H,1-2H3,(H3,21,23,24,25);3-9H,1-2H3,(H3,21,23,24,25);3-9H,21H2,1-2H3,(H3,22,24,25,26). The lowest BCUT2D eigenvalue weighted by atomic mass is 10.2. The fraction of sp³-hybridized carbons (Fsp3) is 0.105. The van der Waals surface area contributed by atoms with Crippen LogP contribution in [-0.2, 0) is 0 Å². The maximum atomic E-state index is 14.6. The summed E-state index contributed by atoms with van der Waals surface area (Å²) in [6.45, 7) is 10.8. The van der Waals surface area contributed by atoms with Gasteiger partial charge in [-0.3, -0.25) is 38.3 Å². The van der Waals surface area contributed by atoms with Gasteiger partial charge in [-0.25, -0.2) is 34.3 Å². The predicted molar refractivity (Wildman–Crippen MR) is 422 cm³/mol. The van der Waals surface area contributed by atoms with Crippen molar-refractivity contribution in [2.45, 2.75) is 41.5 Å². The fourth-order valence-electron chi connectivity index (χ4n) is 11.7. The first-order valence-corrected chi connectivity index (χ1v) is 34.1. The van der Waals surface area contributed by atoms with Crippen molar-refractivity contribution >= 4 is 125 Å². The highest BCUT2D eigenvalue weighted by atomic mass is 19.1. The summed E-state index contributed by atoms with van der Waals surface area (Å²) < 4.78 is 88.4. The third-order valence-corrected chi connectivity index (χ3v) is 17.3. The van der Waals surface area contributed by atoms with E-state index >= 15 is 0 Å². The number of rotatable bonds is 16. The van der Waals surface area contributed by atoms with Crippen LogP contribution in [0.2, 0.25) is 0 Å². The number of hydrogen-bond acceptors (Lipinski definition) is 27. The number of nitrogens with two attached hydrogens (primary N) is 5. The quantitative estimate of drug-likeness (QED) is 0.0188. The summed E-state index contributed by atoms with van der Waals surface area (Å²) in [5.74, 6) is -1.61. The Bertz CT molecular complexity index is 6390. The smallest absolute Gasteiger partial charge is 0.271 e. The first kappa shape index (κ1) is 76.4. The van der Waals surface area contributed by atoms with Crippen LogP contribution >= 0.6 is 0 Å². The molecule has 33 nitrogen and oxygen atoms in total. The van der Waals surface area contributed by atoms with Crippen molar-refractivity contribution in [3.8, 4) is 40.9 Å². The monoisotopic (exact) mass is 1550 g/mol. The number of nitro groups is 2. The summed E-state index contributed by atoms with van der Waals surface area (Å²) in [6, 6.07) is 45.3. The molecule has 576 valence electrons. The van der Waals surface area contributed by atoms with Crippen LogP contribution < -0.4 is 59.4 Å². The van der Waals surface area contributed by atoms with Crippen LogP contribution in [0.15, 0.2) is 170 Å². The fourth-order valence-corrected chi connectivity index (χ4v) is 11.7. The number of anilines is 13. The molecule has 0 saturated carbocycles. The minimum absolute atomic E-state index is 0.0437. The van der Waals surface area contributed by atoms with E-state index in [9.17, 15) is 42.2 Å². The Hall–Kier alpha value is -15.8. The number of imidazole rings is 4. The molecule has 14 N–H and O–H groups in total. The lowest BCUT2D eigenvalue weighted by Crippen LogP contribution is -2.10. The maximum absolute atomic E-state index is 14.6. The van der Waals surface area contributed by atoms with Gasteiger partial charge in [-0.05, 0) is 157 Å². The molecule has 0 radical (unpaired) electrons. The van der Waals surface area contributed by atoms with Crippen molar-refractivity contribution in [1.29, 1.82) is 0 Å². The molecule has 9 aromatic heterocycles. The number of aryl methyl sites for hydroxylation is 6. The van der Waals surface area contributed by atoms with Gasteiger partial charge in [0.05, 0.1) is 62.9 Å². The summed E-state index contributed by atoms with van der Waals surface area (Å²) in [7, 11) is 3.12. The topological polar surface area (TPSA) is 457 Å². The van der Waals surface area contributed by atoms with Gasteiger partial charge >= 0.3 is 0 Å². The normalized spacial score (nSPS) is 11.0. The van der Waals surface area contributed by atoms with E-state index in [-0.39, 0.29) is 81.6 Å². The molecular formula is C76H66F5N27O6. The van der Waals surface area contributed by atoms with Crippen molar-refractivity contribution in [1.82, 2.24) is 77.9 Å². The number of nitro benzene ring substituents is 2. The van der Waals surface area contributed by atoms with Gasteiger partial charge in [0.25, 0.3) is 11.4 Å². The molecule has 114 heavy (non-hydrogen) atoms. The highest BCUT2D eigenvalue weighted by Crippen LogP contribution is 2.34. The Balaban J connectivity index is 0.000000133. The average molecular weight is 1550 g/mol. The van der Waals surface area contributed by atoms with E-state index in [1.165, 1.54) is 47.0 Å². The van der Waals surface area contributed by atoms with Crippen LogP contribution in [0.4, 0.5) is 108 Å². The van der Waals surface area contributed by atoms with Gasteiger partial charge in [0.2, 0.25) is 41.1 Å². The Morgan fingerprint density at radius 3 is 1.15 bits per heavy atom. The van der Waals surface area contributed by atoms with Crippen LogP contribution in [0, 0.1) is 90.9 Å². The number of aromatic nitrogens is 16. The molecule has 38 heteroatoms. The van der Waals surface area contributed by atoms with Gasteiger partial charge in [-0.2, -0.15) is 47.5 Å². The molecule has 0 aliphatic carbocycles. The van der Waals surface area contributed by atoms with E-state index in [0.717, 1.165) is 16.6 Å². The van der Waals surface area contributed by atoms with Gasteiger partial charge < -0.3 is 59.4 Å². The largest absolute Gasteiger partial charge is 0.497 e. The Morgan fingerprint density at radius 1 is 0.386 bits per heavy atom. The average Bonchev–Trinajstić information content (AvgIpc) is 1.61. The van der Waals surface area contributed by atoms with Crippen LogP contribution in [0.3, 0.4) is 0 Å². The van der Waals surface area contributed by atoms with E-state index in [1.807, 2.05) is 50.2 Å². The van der Waals surface area contributed by atoms with Crippen LogP contribution in [-0.4, -0.2) is 102 Å². The second-order valence-electron chi connectivity index (χ2n) is 25.2. The van der Waals surface area contributed by atoms with Gasteiger partial charge in [-0.15, -0.1) is 0 Å². The van der Waals surface area contributed by atoms with Gasteiger partial charge in [-0.1, -0.05) is 35.4 Å². The summed E-state index contributed by atoms with van der Waals surface area (Å²) in [5, 5.41) is 33.6. The highest BCUT2D eigenvalue weighted by molar-refractivity contribution is 5.83. The summed E-state index contributed by atoms with van der Waals surface area (Å²) in [5.41, 5.74) is 38.9. The second kappa shape index (κ2) is 31.8.